The number of rotatable bonds is 4. The van der Waals surface area contributed by atoms with Crippen LogP contribution in [0.5, 0.6) is 5.75 Å². The summed E-state index contributed by atoms with van der Waals surface area (Å²) in [6, 6.07) is 10.3. The Morgan fingerprint density at radius 3 is 2.63 bits per heavy atom. The first-order valence-corrected chi connectivity index (χ1v) is 6.37. The van der Waals surface area contributed by atoms with Crippen molar-refractivity contribution in [2.75, 3.05) is 0 Å². The number of ether oxygens (including phenoxy) is 1. The number of carbonyl (C=O) groups is 1. The van der Waals surface area contributed by atoms with Crippen LogP contribution in [0.3, 0.4) is 0 Å². The SMILES string of the molecule is CC(C)Oc1cccc(C(=O)c2ccnc(Cl)c2)c1. The molecule has 19 heavy (non-hydrogen) atoms. The summed E-state index contributed by atoms with van der Waals surface area (Å²) in [7, 11) is 0. The molecular formula is C15H14ClNO2. The summed E-state index contributed by atoms with van der Waals surface area (Å²) >= 11 is 5.79. The van der Waals surface area contributed by atoms with E-state index in [0.717, 1.165) is 0 Å². The van der Waals surface area contributed by atoms with Gasteiger partial charge in [-0.1, -0.05) is 23.7 Å². The largest absolute Gasteiger partial charge is 0.491 e. The molecule has 98 valence electrons. The Labute approximate surface area is 117 Å². The van der Waals surface area contributed by atoms with E-state index >= 15 is 0 Å². The van der Waals surface area contributed by atoms with Gasteiger partial charge in [-0.2, -0.15) is 0 Å². The van der Waals surface area contributed by atoms with Crippen molar-refractivity contribution in [2.24, 2.45) is 0 Å². The van der Waals surface area contributed by atoms with Crippen LogP contribution in [-0.2, 0) is 0 Å². The zero-order chi connectivity index (χ0) is 13.8. The lowest BCUT2D eigenvalue weighted by atomic mass is 10.0. The molecule has 2 aromatic rings. The number of hydrogen-bond acceptors (Lipinski definition) is 3. The molecule has 0 radical (unpaired) electrons. The van der Waals surface area contributed by atoms with Crippen molar-refractivity contribution in [1.82, 2.24) is 4.98 Å². The number of carbonyl (C=O) groups excluding carboxylic acids is 1. The van der Waals surface area contributed by atoms with Gasteiger partial charge in [0.1, 0.15) is 10.9 Å². The Bertz CT molecular complexity index is 596. The number of pyridine rings is 1. The van der Waals surface area contributed by atoms with Crippen molar-refractivity contribution in [1.29, 1.82) is 0 Å². The molecule has 0 aliphatic heterocycles. The van der Waals surface area contributed by atoms with Crippen molar-refractivity contribution in [3.05, 3.63) is 58.9 Å². The van der Waals surface area contributed by atoms with Gasteiger partial charge in [-0.25, -0.2) is 4.98 Å². The number of hydrogen-bond donors (Lipinski definition) is 0. The number of nitrogens with zero attached hydrogens (tertiary/aromatic N) is 1. The molecule has 0 spiro atoms. The predicted molar refractivity (Wildman–Crippen MR) is 74.9 cm³/mol. The highest BCUT2D eigenvalue weighted by Crippen LogP contribution is 2.18. The Balaban J connectivity index is 2.29. The molecule has 4 heteroatoms. The third-order valence-electron chi connectivity index (χ3n) is 2.46. The second-order valence-corrected chi connectivity index (χ2v) is 4.78. The molecule has 1 aromatic heterocycles. The van der Waals surface area contributed by atoms with E-state index in [1.807, 2.05) is 19.9 Å². The van der Waals surface area contributed by atoms with Crippen molar-refractivity contribution in [2.45, 2.75) is 20.0 Å². The van der Waals surface area contributed by atoms with Crippen LogP contribution in [0.2, 0.25) is 5.15 Å². The summed E-state index contributed by atoms with van der Waals surface area (Å²) in [5, 5.41) is 0.306. The highest BCUT2D eigenvalue weighted by atomic mass is 35.5. The van der Waals surface area contributed by atoms with Crippen molar-refractivity contribution in [3.63, 3.8) is 0 Å². The molecule has 3 nitrogen and oxygen atoms in total. The van der Waals surface area contributed by atoms with E-state index in [-0.39, 0.29) is 11.9 Å². The van der Waals surface area contributed by atoms with Crippen LogP contribution in [0.15, 0.2) is 42.6 Å². The Morgan fingerprint density at radius 1 is 1.21 bits per heavy atom. The van der Waals surface area contributed by atoms with Gasteiger partial charge < -0.3 is 4.74 Å². The summed E-state index contributed by atoms with van der Waals surface area (Å²) in [6.45, 7) is 3.88. The highest BCUT2D eigenvalue weighted by Gasteiger charge is 2.11. The zero-order valence-electron chi connectivity index (χ0n) is 10.8. The van der Waals surface area contributed by atoms with Crippen LogP contribution in [0.25, 0.3) is 0 Å². The minimum absolute atomic E-state index is 0.0701. The predicted octanol–water partition coefficient (Wildman–Crippen LogP) is 3.75. The average molecular weight is 276 g/mol. The van der Waals surface area contributed by atoms with Gasteiger partial charge in [0.05, 0.1) is 6.10 Å². The molecule has 0 N–H and O–H groups in total. The third kappa shape index (κ3) is 3.55. The molecule has 2 rings (SSSR count). The number of aromatic nitrogens is 1. The standard InChI is InChI=1S/C15H14ClNO2/c1-10(2)19-13-5-3-4-11(8-13)15(18)12-6-7-17-14(16)9-12/h3-10H,1-2H3. The average Bonchev–Trinajstić information content (AvgIpc) is 2.37. The second-order valence-electron chi connectivity index (χ2n) is 4.39. The summed E-state index contributed by atoms with van der Waals surface area (Å²) in [4.78, 5) is 16.2. The molecule has 0 amide bonds. The Hall–Kier alpha value is -1.87. The van der Waals surface area contributed by atoms with Crippen LogP contribution >= 0.6 is 11.6 Å². The minimum Gasteiger partial charge on any atom is -0.491 e. The quantitative estimate of drug-likeness (QED) is 0.630. The lowest BCUT2D eigenvalue weighted by Crippen LogP contribution is -2.07. The summed E-state index contributed by atoms with van der Waals surface area (Å²) in [5.41, 5.74) is 1.09. The first kappa shape index (κ1) is 13.6. The van der Waals surface area contributed by atoms with Gasteiger partial charge in [-0.15, -0.1) is 0 Å². The van der Waals surface area contributed by atoms with E-state index in [9.17, 15) is 4.79 Å². The maximum absolute atomic E-state index is 12.3. The molecule has 1 aromatic carbocycles. The topological polar surface area (TPSA) is 39.2 Å². The number of halogens is 1. The van der Waals surface area contributed by atoms with E-state index in [0.29, 0.717) is 22.0 Å². The third-order valence-corrected chi connectivity index (χ3v) is 2.66. The molecule has 0 saturated heterocycles. The van der Waals surface area contributed by atoms with Gasteiger partial charge in [-0.05, 0) is 38.1 Å². The van der Waals surface area contributed by atoms with Gasteiger partial charge >= 0.3 is 0 Å². The molecule has 0 saturated carbocycles. The first-order chi connectivity index (χ1) is 9.06. The van der Waals surface area contributed by atoms with Gasteiger partial charge in [0, 0.05) is 17.3 Å². The fourth-order valence-electron chi connectivity index (χ4n) is 1.69. The van der Waals surface area contributed by atoms with Crippen molar-refractivity contribution < 1.29 is 9.53 Å². The monoisotopic (exact) mass is 275 g/mol. The maximum atomic E-state index is 12.3. The van der Waals surface area contributed by atoms with Crippen LogP contribution in [0.4, 0.5) is 0 Å². The molecule has 1 heterocycles. The second kappa shape index (κ2) is 5.85. The van der Waals surface area contributed by atoms with E-state index in [1.54, 1.807) is 30.3 Å². The van der Waals surface area contributed by atoms with Crippen LogP contribution < -0.4 is 4.74 Å². The van der Waals surface area contributed by atoms with E-state index in [4.69, 9.17) is 16.3 Å². The van der Waals surface area contributed by atoms with E-state index < -0.39 is 0 Å². The molecule has 0 fully saturated rings. The fraction of sp³-hybridized carbons (Fsp3) is 0.200. The van der Waals surface area contributed by atoms with Crippen LogP contribution in [-0.4, -0.2) is 16.9 Å². The summed E-state index contributed by atoms with van der Waals surface area (Å²) in [6.07, 6.45) is 1.59. The van der Waals surface area contributed by atoms with Gasteiger partial charge in [0.25, 0.3) is 0 Å². The lowest BCUT2D eigenvalue weighted by Gasteiger charge is -2.10. The van der Waals surface area contributed by atoms with Gasteiger partial charge in [0.15, 0.2) is 5.78 Å². The Morgan fingerprint density at radius 2 is 1.95 bits per heavy atom. The summed E-state index contributed by atoms with van der Waals surface area (Å²) in [5.74, 6) is 0.583. The maximum Gasteiger partial charge on any atom is 0.193 e. The van der Waals surface area contributed by atoms with E-state index in [2.05, 4.69) is 4.98 Å². The zero-order valence-corrected chi connectivity index (χ0v) is 11.5. The normalized spacial score (nSPS) is 10.5. The molecule has 0 unspecified atom stereocenters. The van der Waals surface area contributed by atoms with Gasteiger partial charge in [0.2, 0.25) is 0 Å². The van der Waals surface area contributed by atoms with Gasteiger partial charge in [-0.3, -0.25) is 4.79 Å². The molecule has 0 atom stereocenters. The van der Waals surface area contributed by atoms with E-state index in [1.165, 1.54) is 6.20 Å². The fourth-order valence-corrected chi connectivity index (χ4v) is 1.87. The lowest BCUT2D eigenvalue weighted by molar-refractivity contribution is 0.103. The number of benzene rings is 1. The minimum atomic E-state index is -0.0986. The Kier molecular flexibility index (Phi) is 4.17. The highest BCUT2D eigenvalue weighted by molar-refractivity contribution is 6.30. The smallest absolute Gasteiger partial charge is 0.193 e. The first-order valence-electron chi connectivity index (χ1n) is 5.99. The molecule has 0 aliphatic rings. The van der Waals surface area contributed by atoms with Crippen molar-refractivity contribution >= 4 is 17.4 Å². The molecular weight excluding hydrogens is 262 g/mol. The molecule has 0 aliphatic carbocycles. The number of ketones is 1. The van der Waals surface area contributed by atoms with Crippen LogP contribution in [0, 0.1) is 0 Å². The summed E-state index contributed by atoms with van der Waals surface area (Å²) < 4.78 is 5.57. The van der Waals surface area contributed by atoms with Crippen molar-refractivity contribution in [3.8, 4) is 5.75 Å². The molecule has 0 bridgehead atoms. The van der Waals surface area contributed by atoms with Crippen LogP contribution in [0.1, 0.15) is 29.8 Å².